The minimum atomic E-state index is -1.11. The molecule has 1 saturated heterocycles. The highest BCUT2D eigenvalue weighted by Gasteiger charge is 2.46. The van der Waals surface area contributed by atoms with Gasteiger partial charge in [0, 0.05) is 17.7 Å². The fourth-order valence-electron chi connectivity index (χ4n) is 3.56. The van der Waals surface area contributed by atoms with E-state index >= 15 is 0 Å². The van der Waals surface area contributed by atoms with Gasteiger partial charge < -0.3 is 14.4 Å². The molecule has 156 valence electrons. The van der Waals surface area contributed by atoms with Gasteiger partial charge in [-0.2, -0.15) is 0 Å². The van der Waals surface area contributed by atoms with Crippen LogP contribution in [-0.2, 0) is 16.1 Å². The number of non-ortho nitro benzene ring substituents is 1. The molecule has 1 aliphatic heterocycles. The summed E-state index contributed by atoms with van der Waals surface area (Å²) in [5.41, 5.74) is -0.330. The normalized spacial score (nSPS) is 17.8. The topological polar surface area (TPSA) is 114 Å². The number of nitro groups is 1. The summed E-state index contributed by atoms with van der Waals surface area (Å²) in [6.07, 6.45) is 1.41. The molecule has 31 heavy (non-hydrogen) atoms. The third-order valence-electron chi connectivity index (χ3n) is 4.94. The van der Waals surface area contributed by atoms with E-state index in [9.17, 15) is 29.2 Å². The number of aliphatic hydroxyl groups excluding tert-OH is 1. The summed E-state index contributed by atoms with van der Waals surface area (Å²) in [5.74, 6) is -2.67. The molecule has 0 unspecified atom stereocenters. The smallest absolute Gasteiger partial charge is 0.296 e. The summed E-state index contributed by atoms with van der Waals surface area (Å²) in [5, 5.41) is 22.0. The number of nitro benzene ring substituents is 1. The summed E-state index contributed by atoms with van der Waals surface area (Å²) < 4.78 is 19.2. The molecular weight excluding hydrogens is 407 g/mol. The van der Waals surface area contributed by atoms with Crippen molar-refractivity contribution in [3.63, 3.8) is 0 Å². The van der Waals surface area contributed by atoms with Crippen LogP contribution in [0.15, 0.2) is 76.9 Å². The van der Waals surface area contributed by atoms with E-state index in [-0.39, 0.29) is 28.9 Å². The molecule has 0 spiro atoms. The number of likely N-dealkylation sites (tertiary alicyclic amines) is 1. The van der Waals surface area contributed by atoms with Gasteiger partial charge in [-0.25, -0.2) is 4.39 Å². The molecule has 1 N–H and O–H groups in total. The molecule has 3 aromatic rings. The van der Waals surface area contributed by atoms with E-state index in [4.69, 9.17) is 4.42 Å². The second kappa shape index (κ2) is 7.86. The Morgan fingerprint density at radius 3 is 2.58 bits per heavy atom. The third kappa shape index (κ3) is 3.68. The number of amides is 1. The lowest BCUT2D eigenvalue weighted by Crippen LogP contribution is -2.29. The maximum absolute atomic E-state index is 14.0. The number of nitrogens with zero attached hydrogens (tertiary/aromatic N) is 2. The van der Waals surface area contributed by atoms with Crippen molar-refractivity contribution in [3.8, 4) is 0 Å². The molecule has 0 radical (unpaired) electrons. The molecule has 8 nitrogen and oxygen atoms in total. The van der Waals surface area contributed by atoms with Crippen LogP contribution in [0.4, 0.5) is 10.1 Å². The molecule has 1 fully saturated rings. The predicted octanol–water partition coefficient (Wildman–Crippen LogP) is 3.95. The average Bonchev–Trinajstić information content (AvgIpc) is 3.36. The minimum absolute atomic E-state index is 0.00778. The van der Waals surface area contributed by atoms with Gasteiger partial charge in [-0.05, 0) is 29.8 Å². The number of furan rings is 1. The number of carbonyl (C=O) groups is 2. The molecular formula is C22H15FN2O6. The quantitative estimate of drug-likeness (QED) is 0.219. The molecule has 2 heterocycles. The van der Waals surface area contributed by atoms with Crippen LogP contribution in [0.3, 0.4) is 0 Å². The Hall–Kier alpha value is -4.27. The van der Waals surface area contributed by atoms with Gasteiger partial charge >= 0.3 is 0 Å². The van der Waals surface area contributed by atoms with Crippen LogP contribution in [0, 0.1) is 15.9 Å². The lowest BCUT2D eigenvalue weighted by Gasteiger charge is -2.24. The maximum Gasteiger partial charge on any atom is 0.296 e. The Bertz CT molecular complexity index is 1220. The first kappa shape index (κ1) is 20.0. The van der Waals surface area contributed by atoms with Crippen molar-refractivity contribution in [2.45, 2.75) is 12.6 Å². The van der Waals surface area contributed by atoms with Crippen LogP contribution in [0.1, 0.15) is 22.9 Å². The first-order valence-electron chi connectivity index (χ1n) is 9.18. The summed E-state index contributed by atoms with van der Waals surface area (Å²) in [6, 6.07) is 12.5. The molecule has 4 rings (SSSR count). The highest BCUT2D eigenvalue weighted by Crippen LogP contribution is 2.40. The van der Waals surface area contributed by atoms with E-state index < -0.39 is 34.2 Å². The molecule has 1 atom stereocenters. The molecule has 0 aliphatic carbocycles. The SMILES string of the molecule is O=C1C(=O)N(Cc2ccco2)[C@@H](c2cccc(F)c2)C1=C(O)c1cccc([N+](=O)[O-])c1. The fraction of sp³-hybridized carbons (Fsp3) is 0.0909. The Morgan fingerprint density at radius 2 is 1.90 bits per heavy atom. The molecule has 1 amide bonds. The van der Waals surface area contributed by atoms with Crippen molar-refractivity contribution in [2.24, 2.45) is 0 Å². The largest absolute Gasteiger partial charge is 0.507 e. The molecule has 1 aromatic heterocycles. The van der Waals surface area contributed by atoms with E-state index in [1.807, 2.05) is 0 Å². The monoisotopic (exact) mass is 422 g/mol. The van der Waals surface area contributed by atoms with Gasteiger partial charge in [-0.3, -0.25) is 19.7 Å². The Morgan fingerprint density at radius 1 is 1.13 bits per heavy atom. The Labute approximate surface area is 175 Å². The second-order valence-corrected chi connectivity index (χ2v) is 6.87. The predicted molar refractivity (Wildman–Crippen MR) is 106 cm³/mol. The molecule has 0 bridgehead atoms. The number of benzene rings is 2. The lowest BCUT2D eigenvalue weighted by atomic mass is 9.95. The van der Waals surface area contributed by atoms with Crippen molar-refractivity contribution in [1.82, 2.24) is 4.90 Å². The van der Waals surface area contributed by atoms with E-state index in [2.05, 4.69) is 0 Å². The van der Waals surface area contributed by atoms with Gasteiger partial charge in [0.1, 0.15) is 17.3 Å². The number of aliphatic hydroxyl groups is 1. The van der Waals surface area contributed by atoms with Crippen molar-refractivity contribution >= 4 is 23.1 Å². The highest BCUT2D eigenvalue weighted by molar-refractivity contribution is 6.46. The first-order valence-corrected chi connectivity index (χ1v) is 9.18. The number of halogens is 1. The van der Waals surface area contributed by atoms with Crippen LogP contribution in [0.2, 0.25) is 0 Å². The Balaban J connectivity index is 1.89. The Kier molecular flexibility index (Phi) is 5.08. The minimum Gasteiger partial charge on any atom is -0.507 e. The van der Waals surface area contributed by atoms with Gasteiger partial charge in [0.05, 0.1) is 29.3 Å². The molecule has 1 aliphatic rings. The maximum atomic E-state index is 14.0. The van der Waals surface area contributed by atoms with Crippen molar-refractivity contribution in [3.05, 3.63) is 105 Å². The number of ketones is 1. The lowest BCUT2D eigenvalue weighted by molar-refractivity contribution is -0.384. The number of hydrogen-bond acceptors (Lipinski definition) is 6. The highest BCUT2D eigenvalue weighted by atomic mass is 19.1. The number of hydrogen-bond donors (Lipinski definition) is 1. The van der Waals surface area contributed by atoms with Crippen LogP contribution in [-0.4, -0.2) is 26.6 Å². The van der Waals surface area contributed by atoms with E-state index in [1.165, 1.54) is 47.6 Å². The second-order valence-electron chi connectivity index (χ2n) is 6.87. The van der Waals surface area contributed by atoms with E-state index in [0.29, 0.717) is 5.76 Å². The van der Waals surface area contributed by atoms with Gasteiger partial charge in [0.15, 0.2) is 0 Å². The number of rotatable bonds is 5. The van der Waals surface area contributed by atoms with Gasteiger partial charge in [0.25, 0.3) is 17.4 Å². The first-order chi connectivity index (χ1) is 14.9. The summed E-state index contributed by atoms with van der Waals surface area (Å²) in [6.45, 7) is -0.0928. The zero-order valence-corrected chi connectivity index (χ0v) is 15.9. The van der Waals surface area contributed by atoms with Gasteiger partial charge in [-0.1, -0.05) is 24.3 Å². The standard InChI is InChI=1S/C22H15FN2O6/c23-15-6-1-4-13(10-15)19-18(20(26)14-5-2-7-16(11-14)25(29)30)21(27)22(28)24(19)12-17-8-3-9-31-17/h1-11,19,26H,12H2/t19-/m0/s1. The molecule has 2 aromatic carbocycles. The molecule has 0 saturated carbocycles. The van der Waals surface area contributed by atoms with Crippen LogP contribution < -0.4 is 0 Å². The van der Waals surface area contributed by atoms with Crippen LogP contribution in [0.25, 0.3) is 5.76 Å². The van der Waals surface area contributed by atoms with Gasteiger partial charge in [0.2, 0.25) is 0 Å². The van der Waals surface area contributed by atoms with Gasteiger partial charge in [-0.15, -0.1) is 0 Å². The number of carbonyl (C=O) groups excluding carboxylic acids is 2. The molecule has 9 heteroatoms. The summed E-state index contributed by atoms with van der Waals surface area (Å²) in [7, 11) is 0. The zero-order chi connectivity index (χ0) is 22.1. The third-order valence-corrected chi connectivity index (χ3v) is 4.94. The summed E-state index contributed by atoms with van der Waals surface area (Å²) >= 11 is 0. The van der Waals surface area contributed by atoms with E-state index in [1.54, 1.807) is 12.1 Å². The van der Waals surface area contributed by atoms with Crippen molar-refractivity contribution < 1.29 is 28.4 Å². The van der Waals surface area contributed by atoms with Crippen molar-refractivity contribution in [1.29, 1.82) is 0 Å². The van der Waals surface area contributed by atoms with E-state index in [0.717, 1.165) is 12.1 Å². The fourth-order valence-corrected chi connectivity index (χ4v) is 3.56. The zero-order valence-electron chi connectivity index (χ0n) is 15.9. The number of Topliss-reactive ketones (excluding diaryl/α,β-unsaturated/α-hetero) is 1. The average molecular weight is 422 g/mol. The van der Waals surface area contributed by atoms with Crippen LogP contribution >= 0.6 is 0 Å². The van der Waals surface area contributed by atoms with Crippen molar-refractivity contribution in [2.75, 3.05) is 0 Å². The summed E-state index contributed by atoms with van der Waals surface area (Å²) in [4.78, 5) is 37.3. The van der Waals surface area contributed by atoms with Crippen LogP contribution in [0.5, 0.6) is 0 Å².